The van der Waals surface area contributed by atoms with E-state index >= 15 is 0 Å². The van der Waals surface area contributed by atoms with Gasteiger partial charge in [-0.05, 0) is 37.8 Å². The molecule has 6 heteroatoms. The number of amides is 1. The summed E-state index contributed by atoms with van der Waals surface area (Å²) in [5, 5.41) is 8.17. The molecular formula is C20H25N5O. The molecule has 2 aromatic heterocycles. The molecule has 0 saturated carbocycles. The van der Waals surface area contributed by atoms with Gasteiger partial charge in [0.2, 0.25) is 0 Å². The highest BCUT2D eigenvalue weighted by molar-refractivity contribution is 6.06. The molecule has 1 aromatic carbocycles. The van der Waals surface area contributed by atoms with Crippen LogP contribution in [0.25, 0.3) is 10.9 Å². The maximum absolute atomic E-state index is 13.1. The number of rotatable bonds is 5. The first-order valence-corrected chi connectivity index (χ1v) is 8.88. The van der Waals surface area contributed by atoms with Gasteiger partial charge < -0.3 is 5.32 Å². The Morgan fingerprint density at radius 2 is 2.04 bits per heavy atom. The summed E-state index contributed by atoms with van der Waals surface area (Å²) in [5.74, 6) is 1.06. The van der Waals surface area contributed by atoms with Crippen molar-refractivity contribution in [1.82, 2.24) is 25.1 Å². The Morgan fingerprint density at radius 3 is 2.69 bits per heavy atom. The van der Waals surface area contributed by atoms with Gasteiger partial charge in [0.25, 0.3) is 5.91 Å². The summed E-state index contributed by atoms with van der Waals surface area (Å²) in [6.07, 6.45) is 2.31. The third kappa shape index (κ3) is 3.59. The summed E-state index contributed by atoms with van der Waals surface area (Å²) < 4.78 is 1.72. The number of hydrogen-bond acceptors (Lipinski definition) is 4. The maximum atomic E-state index is 13.1. The van der Waals surface area contributed by atoms with Crippen molar-refractivity contribution in [3.63, 3.8) is 0 Å². The number of para-hydroxylation sites is 1. The van der Waals surface area contributed by atoms with Gasteiger partial charge in [-0.1, -0.05) is 32.0 Å². The van der Waals surface area contributed by atoms with Crippen molar-refractivity contribution in [2.24, 2.45) is 13.0 Å². The molecule has 1 amide bonds. The summed E-state index contributed by atoms with van der Waals surface area (Å²) in [6.45, 7) is 8.18. The lowest BCUT2D eigenvalue weighted by Crippen LogP contribution is -2.31. The zero-order valence-corrected chi connectivity index (χ0v) is 15.9. The SMILES string of the molecule is Cc1cc(C(=O)N[C@@H](CC(C)C)c2ncnn2C)c2cccc(C)c2n1. The third-order valence-electron chi connectivity index (χ3n) is 4.48. The zero-order chi connectivity index (χ0) is 18.8. The van der Waals surface area contributed by atoms with E-state index in [0.717, 1.165) is 34.4 Å². The maximum Gasteiger partial charge on any atom is 0.252 e. The van der Waals surface area contributed by atoms with Crippen LogP contribution < -0.4 is 5.32 Å². The van der Waals surface area contributed by atoms with E-state index in [9.17, 15) is 4.79 Å². The number of benzene rings is 1. The van der Waals surface area contributed by atoms with E-state index in [1.165, 1.54) is 6.33 Å². The minimum absolute atomic E-state index is 0.111. The Kier molecular flexibility index (Phi) is 5.02. The van der Waals surface area contributed by atoms with E-state index in [4.69, 9.17) is 0 Å². The number of hydrogen-bond donors (Lipinski definition) is 1. The predicted molar refractivity (Wildman–Crippen MR) is 102 cm³/mol. The number of fused-ring (bicyclic) bond motifs is 1. The molecule has 0 spiro atoms. The molecule has 3 aromatic rings. The molecule has 2 heterocycles. The predicted octanol–water partition coefficient (Wildman–Crippen LogP) is 3.50. The minimum Gasteiger partial charge on any atom is -0.342 e. The largest absolute Gasteiger partial charge is 0.342 e. The monoisotopic (exact) mass is 351 g/mol. The van der Waals surface area contributed by atoms with Crippen molar-refractivity contribution in [1.29, 1.82) is 0 Å². The van der Waals surface area contributed by atoms with Crippen LogP contribution in [-0.4, -0.2) is 25.7 Å². The van der Waals surface area contributed by atoms with Gasteiger partial charge in [0.15, 0.2) is 0 Å². The number of carbonyl (C=O) groups excluding carboxylic acids is 1. The van der Waals surface area contributed by atoms with Gasteiger partial charge in [0.1, 0.15) is 12.2 Å². The standard InChI is InChI=1S/C20H25N5O/c1-12(2)9-17(19-21-11-22-25(19)5)24-20(26)16-10-14(4)23-18-13(3)7-6-8-15(16)18/h6-8,10-12,17H,9H2,1-5H3,(H,24,26)/t17-/m0/s1. The number of nitrogens with one attached hydrogen (secondary N) is 1. The lowest BCUT2D eigenvalue weighted by atomic mass is 10.0. The molecule has 0 aliphatic rings. The molecule has 0 aliphatic heterocycles. The molecule has 1 N–H and O–H groups in total. The highest BCUT2D eigenvalue weighted by Gasteiger charge is 2.22. The molecule has 0 aliphatic carbocycles. The molecule has 0 unspecified atom stereocenters. The number of nitrogens with zero attached hydrogens (tertiary/aromatic N) is 4. The van der Waals surface area contributed by atoms with Crippen LogP contribution in [0.4, 0.5) is 0 Å². The lowest BCUT2D eigenvalue weighted by Gasteiger charge is -2.20. The molecule has 6 nitrogen and oxygen atoms in total. The molecule has 1 atom stereocenters. The molecule has 26 heavy (non-hydrogen) atoms. The lowest BCUT2D eigenvalue weighted by molar-refractivity contribution is 0.0930. The first kappa shape index (κ1) is 18.0. The van der Waals surface area contributed by atoms with E-state index in [1.807, 2.05) is 45.2 Å². The van der Waals surface area contributed by atoms with Crippen molar-refractivity contribution >= 4 is 16.8 Å². The third-order valence-corrected chi connectivity index (χ3v) is 4.48. The number of carbonyl (C=O) groups is 1. The molecule has 0 fully saturated rings. The van der Waals surface area contributed by atoms with Crippen LogP contribution in [0.5, 0.6) is 0 Å². The molecule has 0 bridgehead atoms. The van der Waals surface area contributed by atoms with Gasteiger partial charge in [-0.3, -0.25) is 14.5 Å². The fraction of sp³-hybridized carbons (Fsp3) is 0.400. The second-order valence-electron chi connectivity index (χ2n) is 7.18. The topological polar surface area (TPSA) is 72.7 Å². The normalized spacial score (nSPS) is 12.5. The fourth-order valence-corrected chi connectivity index (χ4v) is 3.26. The van der Waals surface area contributed by atoms with Crippen LogP contribution in [0.1, 0.15) is 53.7 Å². The number of aryl methyl sites for hydroxylation is 3. The Hall–Kier alpha value is -2.76. The number of aromatic nitrogens is 4. The van der Waals surface area contributed by atoms with E-state index in [2.05, 4.69) is 34.2 Å². The highest BCUT2D eigenvalue weighted by atomic mass is 16.1. The van der Waals surface area contributed by atoms with Crippen LogP contribution in [0.3, 0.4) is 0 Å². The van der Waals surface area contributed by atoms with Gasteiger partial charge >= 0.3 is 0 Å². The summed E-state index contributed by atoms with van der Waals surface area (Å²) in [4.78, 5) is 22.1. The summed E-state index contributed by atoms with van der Waals surface area (Å²) >= 11 is 0. The Bertz CT molecular complexity index is 945. The van der Waals surface area contributed by atoms with Crippen LogP contribution in [0.15, 0.2) is 30.6 Å². The van der Waals surface area contributed by atoms with Gasteiger partial charge in [-0.25, -0.2) is 4.98 Å². The van der Waals surface area contributed by atoms with Crippen molar-refractivity contribution in [3.8, 4) is 0 Å². The first-order chi connectivity index (χ1) is 12.4. The van der Waals surface area contributed by atoms with E-state index < -0.39 is 0 Å². The second kappa shape index (κ2) is 7.23. The average Bonchev–Trinajstić information content (AvgIpc) is 3.00. The van der Waals surface area contributed by atoms with Gasteiger partial charge in [0, 0.05) is 18.1 Å². The highest BCUT2D eigenvalue weighted by Crippen LogP contribution is 2.24. The van der Waals surface area contributed by atoms with Gasteiger partial charge in [-0.2, -0.15) is 5.10 Å². The first-order valence-electron chi connectivity index (χ1n) is 8.88. The second-order valence-corrected chi connectivity index (χ2v) is 7.18. The van der Waals surface area contributed by atoms with Crippen molar-refractivity contribution in [2.75, 3.05) is 0 Å². The molecule has 136 valence electrons. The van der Waals surface area contributed by atoms with Crippen LogP contribution in [0.2, 0.25) is 0 Å². The summed E-state index contributed by atoms with van der Waals surface area (Å²) in [5.41, 5.74) is 3.41. The summed E-state index contributed by atoms with van der Waals surface area (Å²) in [6, 6.07) is 7.57. The zero-order valence-electron chi connectivity index (χ0n) is 15.9. The summed E-state index contributed by atoms with van der Waals surface area (Å²) in [7, 11) is 1.84. The fourth-order valence-electron chi connectivity index (χ4n) is 3.26. The Morgan fingerprint density at radius 1 is 1.27 bits per heavy atom. The molecule has 0 radical (unpaired) electrons. The molecule has 3 rings (SSSR count). The van der Waals surface area contributed by atoms with Crippen LogP contribution in [-0.2, 0) is 7.05 Å². The van der Waals surface area contributed by atoms with Crippen LogP contribution >= 0.6 is 0 Å². The van der Waals surface area contributed by atoms with Gasteiger partial charge in [0.05, 0.1) is 17.1 Å². The molecular weight excluding hydrogens is 326 g/mol. The van der Waals surface area contributed by atoms with E-state index in [1.54, 1.807) is 4.68 Å². The van der Waals surface area contributed by atoms with E-state index in [-0.39, 0.29) is 11.9 Å². The smallest absolute Gasteiger partial charge is 0.252 e. The van der Waals surface area contributed by atoms with Crippen LogP contribution in [0, 0.1) is 19.8 Å². The van der Waals surface area contributed by atoms with Gasteiger partial charge in [-0.15, -0.1) is 0 Å². The van der Waals surface area contributed by atoms with Crippen molar-refractivity contribution in [2.45, 2.75) is 40.2 Å². The Balaban J connectivity index is 1.99. The quantitative estimate of drug-likeness (QED) is 0.763. The average molecular weight is 351 g/mol. The number of pyridine rings is 1. The minimum atomic E-state index is -0.191. The van der Waals surface area contributed by atoms with Crippen molar-refractivity contribution < 1.29 is 4.79 Å². The Labute approximate surface area is 153 Å². The van der Waals surface area contributed by atoms with E-state index in [0.29, 0.717) is 11.5 Å². The molecule has 0 saturated heterocycles. The van der Waals surface area contributed by atoms with Crippen molar-refractivity contribution in [3.05, 3.63) is 53.2 Å².